The predicted molar refractivity (Wildman–Crippen MR) is 82.2 cm³/mol. The third-order valence-electron chi connectivity index (χ3n) is 2.99. The van der Waals surface area contributed by atoms with E-state index in [1.165, 1.54) is 14.2 Å². The Balaban J connectivity index is 2.14. The molecule has 0 aliphatic carbocycles. The lowest BCUT2D eigenvalue weighted by molar-refractivity contribution is 0.0950. The maximum Gasteiger partial charge on any atom is 0.251 e. The molecule has 0 aliphatic rings. The third kappa shape index (κ3) is 3.67. The Labute approximate surface area is 128 Å². The zero-order valence-corrected chi connectivity index (χ0v) is 12.6. The molecule has 0 fully saturated rings. The van der Waals surface area contributed by atoms with E-state index in [1.807, 2.05) is 30.3 Å². The van der Waals surface area contributed by atoms with Gasteiger partial charge in [0.1, 0.15) is 0 Å². The summed E-state index contributed by atoms with van der Waals surface area (Å²) in [6.07, 6.45) is 0. The van der Waals surface area contributed by atoms with Gasteiger partial charge in [-0.05, 0) is 17.7 Å². The number of hydrogen-bond acceptors (Lipinski definition) is 3. The molecule has 0 saturated heterocycles. The minimum absolute atomic E-state index is 0.221. The summed E-state index contributed by atoms with van der Waals surface area (Å²) in [7, 11) is 3.00. The molecule has 4 nitrogen and oxygen atoms in total. The van der Waals surface area contributed by atoms with Gasteiger partial charge in [-0.2, -0.15) is 0 Å². The average molecular weight is 306 g/mol. The van der Waals surface area contributed by atoms with Crippen molar-refractivity contribution in [1.82, 2.24) is 5.32 Å². The molecule has 0 atom stereocenters. The second-order valence-electron chi connectivity index (χ2n) is 4.36. The van der Waals surface area contributed by atoms with Crippen molar-refractivity contribution in [2.75, 3.05) is 14.2 Å². The van der Waals surface area contributed by atoms with Gasteiger partial charge in [0, 0.05) is 12.1 Å². The minimum Gasteiger partial charge on any atom is -0.493 e. The Morgan fingerprint density at radius 3 is 2.48 bits per heavy atom. The van der Waals surface area contributed by atoms with E-state index in [2.05, 4.69) is 5.32 Å². The summed E-state index contributed by atoms with van der Waals surface area (Å²) in [6.45, 7) is 0.450. The van der Waals surface area contributed by atoms with Crippen LogP contribution in [0.4, 0.5) is 0 Å². The van der Waals surface area contributed by atoms with Gasteiger partial charge in [-0.1, -0.05) is 41.9 Å². The molecule has 0 radical (unpaired) electrons. The number of carbonyl (C=O) groups is 1. The van der Waals surface area contributed by atoms with Crippen molar-refractivity contribution in [2.24, 2.45) is 0 Å². The molecule has 0 saturated carbocycles. The second kappa shape index (κ2) is 6.99. The molecule has 2 aromatic rings. The first-order valence-electron chi connectivity index (χ1n) is 6.39. The normalized spacial score (nSPS) is 10.0. The van der Waals surface area contributed by atoms with Crippen molar-refractivity contribution >= 4 is 17.5 Å². The molecule has 1 N–H and O–H groups in total. The molecular formula is C16H16ClNO3. The SMILES string of the molecule is COc1cc(C(=O)NCc2ccccc2)cc(Cl)c1OC. The van der Waals surface area contributed by atoms with E-state index in [9.17, 15) is 4.79 Å². The molecule has 5 heteroatoms. The number of rotatable bonds is 5. The van der Waals surface area contributed by atoms with E-state index in [0.717, 1.165) is 5.56 Å². The largest absolute Gasteiger partial charge is 0.493 e. The zero-order chi connectivity index (χ0) is 15.2. The van der Waals surface area contributed by atoms with Crippen molar-refractivity contribution in [3.05, 3.63) is 58.6 Å². The topological polar surface area (TPSA) is 47.6 Å². The van der Waals surface area contributed by atoms with E-state index in [0.29, 0.717) is 28.6 Å². The smallest absolute Gasteiger partial charge is 0.251 e. The highest BCUT2D eigenvalue weighted by molar-refractivity contribution is 6.32. The predicted octanol–water partition coefficient (Wildman–Crippen LogP) is 3.29. The molecule has 0 aliphatic heterocycles. The summed E-state index contributed by atoms with van der Waals surface area (Å²) in [4.78, 5) is 12.2. The number of amides is 1. The Hall–Kier alpha value is -2.20. The van der Waals surface area contributed by atoms with E-state index in [-0.39, 0.29) is 5.91 Å². The number of benzene rings is 2. The monoisotopic (exact) mass is 305 g/mol. The number of carbonyl (C=O) groups excluding carboxylic acids is 1. The van der Waals surface area contributed by atoms with Crippen molar-refractivity contribution in [3.63, 3.8) is 0 Å². The van der Waals surface area contributed by atoms with Gasteiger partial charge in [-0.15, -0.1) is 0 Å². The Morgan fingerprint density at radius 2 is 1.86 bits per heavy atom. The van der Waals surface area contributed by atoms with Gasteiger partial charge in [0.25, 0.3) is 5.91 Å². The highest BCUT2D eigenvalue weighted by Gasteiger charge is 2.14. The third-order valence-corrected chi connectivity index (χ3v) is 3.27. The number of ether oxygens (including phenoxy) is 2. The molecule has 0 unspecified atom stereocenters. The van der Waals surface area contributed by atoms with Gasteiger partial charge in [0.2, 0.25) is 0 Å². The van der Waals surface area contributed by atoms with Crippen LogP contribution in [0.3, 0.4) is 0 Å². The Kier molecular flexibility index (Phi) is 5.06. The summed E-state index contributed by atoms with van der Waals surface area (Å²) in [5, 5.41) is 3.17. The van der Waals surface area contributed by atoms with Crippen molar-refractivity contribution in [2.45, 2.75) is 6.54 Å². The van der Waals surface area contributed by atoms with E-state index in [4.69, 9.17) is 21.1 Å². The average Bonchev–Trinajstić information content (AvgIpc) is 2.52. The second-order valence-corrected chi connectivity index (χ2v) is 4.77. The molecule has 0 spiro atoms. The molecular weight excluding hydrogens is 290 g/mol. The first-order valence-corrected chi connectivity index (χ1v) is 6.77. The van der Waals surface area contributed by atoms with Gasteiger partial charge in [-0.3, -0.25) is 4.79 Å². The Morgan fingerprint density at radius 1 is 1.14 bits per heavy atom. The summed E-state index contributed by atoms with van der Waals surface area (Å²) in [5.41, 5.74) is 1.45. The Bertz CT molecular complexity index is 629. The van der Waals surface area contributed by atoms with Crippen molar-refractivity contribution in [3.8, 4) is 11.5 Å². The fourth-order valence-corrected chi connectivity index (χ4v) is 2.22. The van der Waals surface area contributed by atoms with Crippen LogP contribution in [-0.4, -0.2) is 20.1 Å². The van der Waals surface area contributed by atoms with Crippen molar-refractivity contribution in [1.29, 1.82) is 0 Å². The number of halogens is 1. The first-order chi connectivity index (χ1) is 10.2. The molecule has 0 aromatic heterocycles. The maximum absolute atomic E-state index is 12.2. The molecule has 0 heterocycles. The number of methoxy groups -OCH3 is 2. The van der Waals surface area contributed by atoms with E-state index >= 15 is 0 Å². The molecule has 2 aromatic carbocycles. The van der Waals surface area contributed by atoms with Crippen LogP contribution in [0.15, 0.2) is 42.5 Å². The van der Waals surface area contributed by atoms with Gasteiger partial charge >= 0.3 is 0 Å². The van der Waals surface area contributed by atoms with Crippen LogP contribution in [-0.2, 0) is 6.54 Å². The summed E-state index contributed by atoms with van der Waals surface area (Å²) < 4.78 is 10.3. The van der Waals surface area contributed by atoms with Gasteiger partial charge in [0.15, 0.2) is 11.5 Å². The van der Waals surface area contributed by atoms with Gasteiger partial charge in [0.05, 0.1) is 19.2 Å². The number of nitrogens with one attached hydrogen (secondary N) is 1. The lowest BCUT2D eigenvalue weighted by atomic mass is 10.1. The highest BCUT2D eigenvalue weighted by Crippen LogP contribution is 2.35. The van der Waals surface area contributed by atoms with Crippen LogP contribution >= 0.6 is 11.6 Å². The van der Waals surface area contributed by atoms with Gasteiger partial charge < -0.3 is 14.8 Å². The van der Waals surface area contributed by atoms with Crippen molar-refractivity contribution < 1.29 is 14.3 Å². The fraction of sp³-hybridized carbons (Fsp3) is 0.188. The van der Waals surface area contributed by atoms with Crippen LogP contribution in [0.5, 0.6) is 11.5 Å². The molecule has 110 valence electrons. The number of hydrogen-bond donors (Lipinski definition) is 1. The molecule has 1 amide bonds. The molecule has 21 heavy (non-hydrogen) atoms. The summed E-state index contributed by atoms with van der Waals surface area (Å²) in [6, 6.07) is 12.8. The summed E-state index contributed by atoms with van der Waals surface area (Å²) >= 11 is 6.09. The lowest BCUT2D eigenvalue weighted by Gasteiger charge is -2.12. The van der Waals surface area contributed by atoms with Crippen LogP contribution in [0.25, 0.3) is 0 Å². The van der Waals surface area contributed by atoms with E-state index in [1.54, 1.807) is 12.1 Å². The maximum atomic E-state index is 12.2. The highest BCUT2D eigenvalue weighted by atomic mass is 35.5. The standard InChI is InChI=1S/C16H16ClNO3/c1-20-14-9-12(8-13(17)15(14)21-2)16(19)18-10-11-6-4-3-5-7-11/h3-9H,10H2,1-2H3,(H,18,19). The van der Waals surface area contributed by atoms with Crippen LogP contribution in [0.1, 0.15) is 15.9 Å². The summed E-state index contributed by atoms with van der Waals surface area (Å²) in [5.74, 6) is 0.621. The molecule has 2 rings (SSSR count). The quantitative estimate of drug-likeness (QED) is 0.922. The lowest BCUT2D eigenvalue weighted by Crippen LogP contribution is -2.22. The minimum atomic E-state index is -0.221. The fourth-order valence-electron chi connectivity index (χ4n) is 1.93. The van der Waals surface area contributed by atoms with Crippen LogP contribution < -0.4 is 14.8 Å². The van der Waals surface area contributed by atoms with E-state index < -0.39 is 0 Å². The zero-order valence-electron chi connectivity index (χ0n) is 11.9. The van der Waals surface area contributed by atoms with Gasteiger partial charge in [-0.25, -0.2) is 0 Å². The first kappa shape index (κ1) is 15.2. The van der Waals surface area contributed by atoms with Crippen LogP contribution in [0.2, 0.25) is 5.02 Å². The molecule has 0 bridgehead atoms. The van der Waals surface area contributed by atoms with Crippen LogP contribution in [0, 0.1) is 0 Å².